The number of rotatable bonds is 1. The Hall–Kier alpha value is -2.35. The summed E-state index contributed by atoms with van der Waals surface area (Å²) in [6.45, 7) is 6.59. The second kappa shape index (κ2) is 4.88. The third-order valence-corrected chi connectivity index (χ3v) is 3.80. The average Bonchev–Trinajstić information content (AvgIpc) is 2.75. The highest BCUT2D eigenvalue weighted by Crippen LogP contribution is 2.33. The molecule has 3 rings (SSSR count). The van der Waals surface area contributed by atoms with Gasteiger partial charge in [0.1, 0.15) is 0 Å². The molecule has 0 spiro atoms. The number of anilines is 1. The van der Waals surface area contributed by atoms with Gasteiger partial charge in [-0.05, 0) is 28.7 Å². The van der Waals surface area contributed by atoms with Gasteiger partial charge in [-0.1, -0.05) is 63.2 Å². The van der Waals surface area contributed by atoms with Crippen LogP contribution in [0.4, 0.5) is 5.69 Å². The number of benzene rings is 2. The van der Waals surface area contributed by atoms with Gasteiger partial charge in [0.15, 0.2) is 0 Å². The van der Waals surface area contributed by atoms with Crippen LogP contribution in [0.25, 0.3) is 11.6 Å². The van der Waals surface area contributed by atoms with Crippen LogP contribution >= 0.6 is 0 Å². The lowest BCUT2D eigenvalue weighted by Crippen LogP contribution is -2.10. The van der Waals surface area contributed by atoms with Crippen LogP contribution in [0.5, 0.6) is 0 Å². The number of fused-ring (bicyclic) bond motifs is 1. The molecule has 2 heteroatoms. The van der Waals surface area contributed by atoms with Gasteiger partial charge >= 0.3 is 0 Å². The van der Waals surface area contributed by atoms with Crippen LogP contribution in [0.15, 0.2) is 48.5 Å². The first kappa shape index (κ1) is 13.6. The Morgan fingerprint density at radius 3 is 2.29 bits per heavy atom. The molecule has 21 heavy (non-hydrogen) atoms. The number of hydrogen-bond donors (Lipinski definition) is 1. The second-order valence-corrected chi connectivity index (χ2v) is 6.43. The number of carbonyl (C=O) groups excluding carboxylic acids is 1. The minimum absolute atomic E-state index is 0.0314. The zero-order valence-corrected chi connectivity index (χ0v) is 12.6. The maximum Gasteiger partial charge on any atom is 0.256 e. The molecule has 1 heterocycles. The molecule has 0 atom stereocenters. The molecule has 1 amide bonds. The summed E-state index contributed by atoms with van der Waals surface area (Å²) in [4.78, 5) is 12.1. The van der Waals surface area contributed by atoms with Gasteiger partial charge in [-0.25, -0.2) is 0 Å². The molecule has 0 aromatic heterocycles. The monoisotopic (exact) mass is 277 g/mol. The molecule has 0 unspecified atom stereocenters. The van der Waals surface area contributed by atoms with Crippen LogP contribution < -0.4 is 5.32 Å². The van der Waals surface area contributed by atoms with Crippen molar-refractivity contribution in [2.45, 2.75) is 26.2 Å². The van der Waals surface area contributed by atoms with Crippen molar-refractivity contribution in [1.82, 2.24) is 0 Å². The Bertz CT molecular complexity index is 718. The number of amides is 1. The lowest BCUT2D eigenvalue weighted by molar-refractivity contribution is -0.110. The fourth-order valence-corrected chi connectivity index (χ4v) is 2.53. The molecule has 0 radical (unpaired) electrons. The highest BCUT2D eigenvalue weighted by atomic mass is 16.2. The zero-order valence-electron chi connectivity index (χ0n) is 12.6. The van der Waals surface area contributed by atoms with Gasteiger partial charge in [0.2, 0.25) is 0 Å². The molecule has 1 N–H and O–H groups in total. The average molecular weight is 277 g/mol. The molecule has 2 aromatic carbocycles. The van der Waals surface area contributed by atoms with E-state index < -0.39 is 0 Å². The van der Waals surface area contributed by atoms with E-state index in [0.29, 0.717) is 0 Å². The van der Waals surface area contributed by atoms with Crippen molar-refractivity contribution < 1.29 is 4.79 Å². The minimum Gasteiger partial charge on any atom is -0.321 e. The summed E-state index contributed by atoms with van der Waals surface area (Å²) in [6.07, 6.45) is 1.95. The number of hydrogen-bond acceptors (Lipinski definition) is 1. The molecular weight excluding hydrogens is 258 g/mol. The van der Waals surface area contributed by atoms with Gasteiger partial charge in [0, 0.05) is 16.8 Å². The van der Waals surface area contributed by atoms with Crippen molar-refractivity contribution in [3.8, 4) is 0 Å². The summed E-state index contributed by atoms with van der Waals surface area (Å²) in [6, 6.07) is 16.2. The number of carbonyl (C=O) groups is 1. The predicted molar refractivity (Wildman–Crippen MR) is 88.1 cm³/mol. The highest BCUT2D eigenvalue weighted by Gasteiger charge is 2.23. The molecule has 0 saturated heterocycles. The zero-order chi connectivity index (χ0) is 15.0. The molecule has 2 nitrogen and oxygen atoms in total. The van der Waals surface area contributed by atoms with Crippen molar-refractivity contribution >= 4 is 23.2 Å². The summed E-state index contributed by atoms with van der Waals surface area (Å²) in [5.74, 6) is -0.0314. The van der Waals surface area contributed by atoms with Gasteiger partial charge < -0.3 is 5.32 Å². The Morgan fingerprint density at radius 2 is 1.62 bits per heavy atom. The fourth-order valence-electron chi connectivity index (χ4n) is 2.53. The lowest BCUT2D eigenvalue weighted by Gasteiger charge is -2.18. The van der Waals surface area contributed by atoms with Gasteiger partial charge in [-0.2, -0.15) is 0 Å². The van der Waals surface area contributed by atoms with E-state index in [1.807, 2.05) is 30.3 Å². The van der Waals surface area contributed by atoms with E-state index in [1.165, 1.54) is 5.56 Å². The highest BCUT2D eigenvalue weighted by molar-refractivity contribution is 6.34. The lowest BCUT2D eigenvalue weighted by atomic mass is 9.86. The topological polar surface area (TPSA) is 29.1 Å². The van der Waals surface area contributed by atoms with Crippen LogP contribution in [0, 0.1) is 0 Å². The first-order valence-electron chi connectivity index (χ1n) is 7.18. The van der Waals surface area contributed by atoms with E-state index in [4.69, 9.17) is 0 Å². The van der Waals surface area contributed by atoms with Crippen LogP contribution in [-0.2, 0) is 10.2 Å². The summed E-state index contributed by atoms with van der Waals surface area (Å²) in [5, 5.41) is 2.90. The molecule has 0 bridgehead atoms. The quantitative estimate of drug-likeness (QED) is 0.765. The molecular formula is C19H19NO. The SMILES string of the molecule is CC(C)(C)c1ccc(/C=C2\C(=O)Nc3ccccc32)cc1. The predicted octanol–water partition coefficient (Wildman–Crippen LogP) is 4.48. The largest absolute Gasteiger partial charge is 0.321 e. The molecule has 106 valence electrons. The molecule has 0 fully saturated rings. The number of nitrogens with one attached hydrogen (secondary N) is 1. The summed E-state index contributed by atoms with van der Waals surface area (Å²) < 4.78 is 0. The van der Waals surface area contributed by atoms with Crippen molar-refractivity contribution in [3.63, 3.8) is 0 Å². The Kier molecular flexibility index (Phi) is 3.17. The van der Waals surface area contributed by atoms with Crippen molar-refractivity contribution in [2.75, 3.05) is 5.32 Å². The maximum absolute atomic E-state index is 12.1. The van der Waals surface area contributed by atoms with E-state index in [9.17, 15) is 4.79 Å². The van der Waals surface area contributed by atoms with Crippen LogP contribution in [-0.4, -0.2) is 5.91 Å². The fraction of sp³-hybridized carbons (Fsp3) is 0.211. The Morgan fingerprint density at radius 1 is 0.952 bits per heavy atom. The van der Waals surface area contributed by atoms with Gasteiger partial charge in [0.05, 0.1) is 0 Å². The van der Waals surface area contributed by atoms with Crippen molar-refractivity contribution in [2.24, 2.45) is 0 Å². The van der Waals surface area contributed by atoms with Crippen LogP contribution in [0.2, 0.25) is 0 Å². The number of para-hydroxylation sites is 1. The van der Waals surface area contributed by atoms with Crippen LogP contribution in [0.3, 0.4) is 0 Å². The smallest absolute Gasteiger partial charge is 0.256 e. The molecule has 1 aliphatic rings. The van der Waals surface area contributed by atoms with E-state index in [-0.39, 0.29) is 11.3 Å². The standard InChI is InChI=1S/C19H19NO/c1-19(2,3)14-10-8-13(9-11-14)12-16-15-6-4-5-7-17(15)20-18(16)21/h4-12H,1-3H3,(H,20,21)/b16-12-. The Balaban J connectivity index is 1.97. The maximum atomic E-state index is 12.1. The molecule has 2 aromatic rings. The third-order valence-electron chi connectivity index (χ3n) is 3.80. The minimum atomic E-state index is -0.0314. The first-order valence-corrected chi connectivity index (χ1v) is 7.18. The third kappa shape index (κ3) is 2.62. The van der Waals surface area contributed by atoms with Gasteiger partial charge in [-0.15, -0.1) is 0 Å². The molecule has 1 aliphatic heterocycles. The summed E-state index contributed by atoms with van der Waals surface area (Å²) >= 11 is 0. The van der Waals surface area contributed by atoms with Crippen molar-refractivity contribution in [3.05, 3.63) is 65.2 Å². The van der Waals surface area contributed by atoms with Crippen LogP contribution in [0.1, 0.15) is 37.5 Å². The summed E-state index contributed by atoms with van der Waals surface area (Å²) in [5.41, 5.74) is 5.07. The molecule has 0 saturated carbocycles. The second-order valence-electron chi connectivity index (χ2n) is 6.43. The summed E-state index contributed by atoms with van der Waals surface area (Å²) in [7, 11) is 0. The van der Waals surface area contributed by atoms with E-state index in [0.717, 1.165) is 22.4 Å². The normalized spacial score (nSPS) is 16.0. The Labute approximate surface area is 125 Å². The first-order chi connectivity index (χ1) is 9.95. The van der Waals surface area contributed by atoms with E-state index in [1.54, 1.807) is 0 Å². The van der Waals surface area contributed by atoms with E-state index >= 15 is 0 Å². The molecule has 0 aliphatic carbocycles. The van der Waals surface area contributed by atoms with Gasteiger partial charge in [-0.3, -0.25) is 4.79 Å². The van der Waals surface area contributed by atoms with E-state index in [2.05, 4.69) is 50.4 Å². The van der Waals surface area contributed by atoms with Gasteiger partial charge in [0.25, 0.3) is 5.91 Å². The van der Waals surface area contributed by atoms with Crippen molar-refractivity contribution in [1.29, 1.82) is 0 Å².